The van der Waals surface area contributed by atoms with Crippen LogP contribution in [0, 0.1) is 0 Å². The number of cyclic esters (lactones) is 1. The van der Waals surface area contributed by atoms with Crippen molar-refractivity contribution in [3.63, 3.8) is 0 Å². The Balaban J connectivity index is 2.81. The normalized spacial score (nSPS) is 28.2. The molecule has 3 nitrogen and oxygen atoms in total. The van der Waals surface area contributed by atoms with Gasteiger partial charge < -0.3 is 4.74 Å². The lowest BCUT2D eigenvalue weighted by Gasteiger charge is -2.16. The highest BCUT2D eigenvalue weighted by Crippen LogP contribution is 2.24. The Kier molecular flexibility index (Phi) is 1.30. The monoisotopic (exact) mass is 144 g/mol. The van der Waals surface area contributed by atoms with Gasteiger partial charge in [-0.05, 0) is 13.8 Å². The van der Waals surface area contributed by atoms with E-state index in [1.165, 1.54) is 0 Å². The van der Waals surface area contributed by atoms with Crippen molar-refractivity contribution in [1.82, 2.24) is 0 Å². The predicted octanol–water partition coefficient (Wildman–Crippen LogP) is 0.992. The van der Waals surface area contributed by atoms with Crippen molar-refractivity contribution in [1.29, 1.82) is 0 Å². The van der Waals surface area contributed by atoms with Crippen molar-refractivity contribution in [3.8, 4) is 0 Å². The van der Waals surface area contributed by atoms with E-state index in [1.807, 2.05) is 27.9 Å². The molecule has 0 aliphatic carbocycles. The van der Waals surface area contributed by atoms with E-state index in [0.29, 0.717) is 4.48 Å². The van der Waals surface area contributed by atoms with Crippen LogP contribution in [0.5, 0.6) is 0 Å². The Labute approximate surface area is 61.2 Å². The van der Waals surface area contributed by atoms with Crippen LogP contribution in [-0.4, -0.2) is 36.8 Å². The van der Waals surface area contributed by atoms with Crippen LogP contribution >= 0.6 is 0 Å². The fraction of sp³-hybridized carbons (Fsp3) is 0.857. The van der Waals surface area contributed by atoms with Gasteiger partial charge in [0.05, 0.1) is 14.1 Å². The molecule has 1 aliphatic rings. The maximum Gasteiger partial charge on any atom is 0.516 e. The molecular weight excluding hydrogens is 130 g/mol. The molecule has 0 aromatic carbocycles. The first-order valence-electron chi connectivity index (χ1n) is 3.40. The molecule has 0 radical (unpaired) electrons. The lowest BCUT2D eigenvalue weighted by molar-refractivity contribution is -0.803. The molecule has 1 amide bonds. The second kappa shape index (κ2) is 1.72. The number of likely N-dealkylation sites (N-methyl/N-ethyl adjacent to an activating group) is 1. The highest BCUT2D eigenvalue weighted by Gasteiger charge is 2.47. The van der Waals surface area contributed by atoms with Gasteiger partial charge in [-0.1, -0.05) is 0 Å². The number of hydrogen-bond donors (Lipinski definition) is 0. The Morgan fingerprint density at radius 1 is 1.50 bits per heavy atom. The zero-order valence-corrected chi connectivity index (χ0v) is 6.97. The van der Waals surface area contributed by atoms with Gasteiger partial charge in [0.25, 0.3) is 0 Å². The number of ether oxygens (including phenoxy) is 1. The van der Waals surface area contributed by atoms with Gasteiger partial charge in [0.2, 0.25) is 0 Å². The Morgan fingerprint density at radius 2 is 2.00 bits per heavy atom. The average Bonchev–Trinajstić information content (AvgIpc) is 1.73. The molecule has 0 spiro atoms. The van der Waals surface area contributed by atoms with E-state index in [4.69, 9.17) is 4.74 Å². The molecule has 1 aliphatic heterocycles. The van der Waals surface area contributed by atoms with E-state index in [1.54, 1.807) is 0 Å². The molecular formula is C7H14NO2+. The minimum absolute atomic E-state index is 0.134. The number of rotatable bonds is 0. The summed E-state index contributed by atoms with van der Waals surface area (Å²) in [5.74, 6) is 0. The third-order valence-corrected chi connectivity index (χ3v) is 1.63. The molecule has 1 fully saturated rings. The van der Waals surface area contributed by atoms with Crippen LogP contribution in [0.25, 0.3) is 0 Å². The van der Waals surface area contributed by atoms with Crippen molar-refractivity contribution in [2.75, 3.05) is 20.6 Å². The average molecular weight is 144 g/mol. The van der Waals surface area contributed by atoms with Crippen LogP contribution in [0.4, 0.5) is 4.79 Å². The van der Waals surface area contributed by atoms with E-state index >= 15 is 0 Å². The highest BCUT2D eigenvalue weighted by molar-refractivity contribution is 5.61. The lowest BCUT2D eigenvalue weighted by Crippen LogP contribution is -2.41. The molecule has 0 saturated carbocycles. The Morgan fingerprint density at radius 3 is 2.10 bits per heavy atom. The van der Waals surface area contributed by atoms with Gasteiger partial charge in [-0.2, -0.15) is 4.79 Å². The summed E-state index contributed by atoms with van der Waals surface area (Å²) in [6.07, 6.45) is -0.134. The molecule has 0 unspecified atom stereocenters. The zero-order valence-electron chi connectivity index (χ0n) is 6.97. The quantitative estimate of drug-likeness (QED) is 0.474. The van der Waals surface area contributed by atoms with Crippen LogP contribution in [0.2, 0.25) is 0 Å². The van der Waals surface area contributed by atoms with Crippen molar-refractivity contribution in [2.45, 2.75) is 19.4 Å². The molecule has 1 heterocycles. The number of nitrogens with zero attached hydrogens (tertiary/aromatic N) is 1. The molecule has 0 bridgehead atoms. The SMILES string of the molecule is CC1(C)C[N+](C)(C)C(=O)O1. The van der Waals surface area contributed by atoms with Gasteiger partial charge in [-0.25, -0.2) is 4.48 Å². The topological polar surface area (TPSA) is 26.3 Å². The van der Waals surface area contributed by atoms with Gasteiger partial charge in [-0.3, -0.25) is 0 Å². The van der Waals surface area contributed by atoms with Crippen LogP contribution in [0.3, 0.4) is 0 Å². The fourth-order valence-electron chi connectivity index (χ4n) is 1.41. The second-order valence-electron chi connectivity index (χ2n) is 3.97. The zero-order chi connectivity index (χ0) is 7.99. The summed E-state index contributed by atoms with van der Waals surface area (Å²) < 4.78 is 5.44. The maximum absolute atomic E-state index is 11.1. The lowest BCUT2D eigenvalue weighted by atomic mass is 10.1. The molecule has 1 saturated heterocycles. The first-order chi connectivity index (χ1) is 4.33. The van der Waals surface area contributed by atoms with Gasteiger partial charge in [-0.15, -0.1) is 0 Å². The smallest absolute Gasteiger partial charge is 0.408 e. The van der Waals surface area contributed by atoms with Crippen LogP contribution in [0.15, 0.2) is 0 Å². The van der Waals surface area contributed by atoms with Crippen molar-refractivity contribution in [2.24, 2.45) is 0 Å². The molecule has 3 heteroatoms. The van der Waals surface area contributed by atoms with Gasteiger partial charge in [0, 0.05) is 0 Å². The van der Waals surface area contributed by atoms with E-state index < -0.39 is 0 Å². The van der Waals surface area contributed by atoms with E-state index in [2.05, 4.69) is 0 Å². The first kappa shape index (κ1) is 7.54. The maximum atomic E-state index is 11.1. The van der Waals surface area contributed by atoms with Crippen LogP contribution < -0.4 is 0 Å². The highest BCUT2D eigenvalue weighted by atomic mass is 16.6. The minimum atomic E-state index is -0.277. The van der Waals surface area contributed by atoms with Gasteiger partial charge >= 0.3 is 6.09 Å². The molecule has 1 rings (SSSR count). The molecule has 0 atom stereocenters. The fourth-order valence-corrected chi connectivity index (χ4v) is 1.41. The molecule has 0 N–H and O–H groups in total. The summed E-state index contributed by atoms with van der Waals surface area (Å²) in [5.41, 5.74) is -0.277. The number of quaternary nitrogens is 1. The van der Waals surface area contributed by atoms with E-state index in [9.17, 15) is 4.79 Å². The third kappa shape index (κ3) is 1.14. The van der Waals surface area contributed by atoms with E-state index in [-0.39, 0.29) is 11.7 Å². The summed E-state index contributed by atoms with van der Waals surface area (Å²) in [4.78, 5) is 11.1. The summed E-state index contributed by atoms with van der Waals surface area (Å²) in [6.45, 7) is 4.61. The molecule has 10 heavy (non-hydrogen) atoms. The summed E-state index contributed by atoms with van der Waals surface area (Å²) >= 11 is 0. The Hall–Kier alpha value is -0.570. The van der Waals surface area contributed by atoms with Crippen molar-refractivity contribution >= 4 is 6.09 Å². The van der Waals surface area contributed by atoms with Crippen molar-refractivity contribution in [3.05, 3.63) is 0 Å². The number of carbonyl (C=O) groups excluding carboxylic acids is 1. The Bertz CT molecular complexity index is 172. The second-order valence-corrected chi connectivity index (χ2v) is 3.97. The number of hydrogen-bond acceptors (Lipinski definition) is 2. The summed E-state index contributed by atoms with van der Waals surface area (Å²) in [7, 11) is 3.72. The van der Waals surface area contributed by atoms with Crippen molar-refractivity contribution < 1.29 is 14.0 Å². The number of carbonyl (C=O) groups is 1. The van der Waals surface area contributed by atoms with Crippen LogP contribution in [-0.2, 0) is 4.74 Å². The molecule has 0 aromatic rings. The number of amides is 1. The standard InChI is InChI=1S/C7H14NO2/c1-7(2)5-8(3,4)6(9)10-7/h5H2,1-4H3/q+1. The first-order valence-corrected chi connectivity index (χ1v) is 3.40. The van der Waals surface area contributed by atoms with Crippen LogP contribution in [0.1, 0.15) is 13.8 Å². The van der Waals surface area contributed by atoms with Gasteiger partial charge in [0.1, 0.15) is 6.54 Å². The summed E-state index contributed by atoms with van der Waals surface area (Å²) in [5, 5.41) is 0. The minimum Gasteiger partial charge on any atom is -0.408 e. The largest absolute Gasteiger partial charge is 0.516 e. The van der Waals surface area contributed by atoms with E-state index in [0.717, 1.165) is 6.54 Å². The summed E-state index contributed by atoms with van der Waals surface area (Å²) in [6, 6.07) is 0. The molecule has 0 aromatic heterocycles. The predicted molar refractivity (Wildman–Crippen MR) is 37.5 cm³/mol. The molecule has 58 valence electrons. The third-order valence-electron chi connectivity index (χ3n) is 1.63. The van der Waals surface area contributed by atoms with Gasteiger partial charge in [0.15, 0.2) is 5.60 Å².